The monoisotopic (exact) mass is 574 g/mol. The van der Waals surface area contributed by atoms with Gasteiger partial charge in [-0.15, -0.1) is 0 Å². The highest BCUT2D eigenvalue weighted by molar-refractivity contribution is 6.05. The van der Waals surface area contributed by atoms with E-state index in [4.69, 9.17) is 0 Å². The lowest BCUT2D eigenvalue weighted by atomic mass is 9.81. The molecule has 4 aliphatic rings. The summed E-state index contributed by atoms with van der Waals surface area (Å²) in [6.45, 7) is 2.65. The predicted molar refractivity (Wildman–Crippen MR) is 148 cm³/mol. The fourth-order valence-electron chi connectivity index (χ4n) is 6.25. The molecule has 2 atom stereocenters. The Morgan fingerprint density at radius 2 is 1.07 bits per heavy atom. The Morgan fingerprint density at radius 1 is 0.548 bits per heavy atom. The van der Waals surface area contributed by atoms with Crippen molar-refractivity contribution >= 4 is 33.4 Å². The first kappa shape index (κ1) is 27.0. The average molecular weight is 574 g/mol. The number of hydrogen-bond donors (Lipinski definition) is 8. The summed E-state index contributed by atoms with van der Waals surface area (Å²) in [6, 6.07) is 2.00. The molecule has 0 spiro atoms. The van der Waals surface area contributed by atoms with Crippen LogP contribution in [0.2, 0.25) is 0 Å². The van der Waals surface area contributed by atoms with Crippen molar-refractivity contribution in [3.8, 4) is 23.0 Å². The molecule has 42 heavy (non-hydrogen) atoms. The molecule has 0 bridgehead atoms. The molecule has 214 valence electrons. The lowest BCUT2D eigenvalue weighted by molar-refractivity contribution is 0.209. The molecule has 0 aromatic heterocycles. The van der Waals surface area contributed by atoms with Gasteiger partial charge in [-0.2, -0.15) is 0 Å². The van der Waals surface area contributed by atoms with Crippen LogP contribution in [0.25, 0.3) is 33.4 Å². The summed E-state index contributed by atoms with van der Waals surface area (Å²) in [5.74, 6) is -4.25. The van der Waals surface area contributed by atoms with Crippen LogP contribution in [-0.4, -0.2) is 53.1 Å². The summed E-state index contributed by atoms with van der Waals surface area (Å²) in [7, 11) is 0. The second kappa shape index (κ2) is 8.65. The van der Waals surface area contributed by atoms with Crippen molar-refractivity contribution in [1.82, 2.24) is 0 Å². The smallest absolute Gasteiger partial charge is 0.201 e. The first-order valence-electron chi connectivity index (χ1n) is 12.7. The van der Waals surface area contributed by atoms with Crippen molar-refractivity contribution in [2.75, 3.05) is 0 Å². The molecule has 0 saturated heterocycles. The quantitative estimate of drug-likeness (QED) is 0.108. The maximum Gasteiger partial charge on any atom is 0.201 e. The minimum atomic E-state index is -1.83. The molecule has 0 aliphatic heterocycles. The second-order valence-electron chi connectivity index (χ2n) is 10.6. The van der Waals surface area contributed by atoms with Gasteiger partial charge in [-0.25, -0.2) is 0 Å². The molecule has 0 saturated carbocycles. The zero-order valence-electron chi connectivity index (χ0n) is 21.9. The van der Waals surface area contributed by atoms with Gasteiger partial charge in [0.1, 0.15) is 34.5 Å². The zero-order valence-corrected chi connectivity index (χ0v) is 21.9. The van der Waals surface area contributed by atoms with Crippen molar-refractivity contribution in [2.45, 2.75) is 38.9 Å². The molecule has 12 nitrogen and oxygen atoms in total. The lowest BCUT2D eigenvalue weighted by Gasteiger charge is -2.28. The van der Waals surface area contributed by atoms with Gasteiger partial charge in [0.25, 0.3) is 0 Å². The van der Waals surface area contributed by atoms with Crippen LogP contribution in [0.1, 0.15) is 24.0 Å². The summed E-state index contributed by atoms with van der Waals surface area (Å²) in [5.41, 5.74) is -5.25. The van der Waals surface area contributed by atoms with Crippen LogP contribution in [-0.2, 0) is 0 Å². The van der Waals surface area contributed by atoms with E-state index in [1.165, 1.54) is 13.8 Å². The summed E-state index contributed by atoms with van der Waals surface area (Å²) < 4.78 is 0. The lowest BCUT2D eigenvalue weighted by Crippen LogP contribution is -2.58. The third-order valence-corrected chi connectivity index (χ3v) is 8.10. The SMILES string of the molecule is Cc1cc(O)c2c(O)c3c(c(O)c2c1O)=C(C1=c2c(=O)c4c(=O)c(C)cc(=O)c=4c(=O)c2=C(O)CC1O)C(O)CC=3O. The topological polar surface area (TPSA) is 230 Å². The molecular weight excluding hydrogens is 552 g/mol. The van der Waals surface area contributed by atoms with E-state index >= 15 is 0 Å². The standard InChI is InChI=1S/C30H22O12/c1-7-3-9(31)19-23(25(7)37)29(41)21-15(11(33)5-13(35)17(21)27(19)39)16-12(34)6-14(36)18-22(16)30(42)24-20(28(18)40)10(32)4-8(2)26(24)38/h3-4,11-12,31,33-37,39,41H,5-6H2,1-2H3. The molecule has 2 aromatic rings. The molecule has 8 N–H and O–H groups in total. The molecule has 0 heterocycles. The Bertz CT molecular complexity index is 2500. The van der Waals surface area contributed by atoms with Crippen molar-refractivity contribution in [1.29, 1.82) is 0 Å². The number of benzene rings is 2. The Morgan fingerprint density at radius 3 is 1.69 bits per heavy atom. The first-order chi connectivity index (χ1) is 19.7. The third kappa shape index (κ3) is 3.24. The highest BCUT2D eigenvalue weighted by Gasteiger charge is 2.35. The minimum absolute atomic E-state index is 0.0760. The van der Waals surface area contributed by atoms with Gasteiger partial charge in [0.15, 0.2) is 16.3 Å². The van der Waals surface area contributed by atoms with Crippen LogP contribution >= 0.6 is 0 Å². The summed E-state index contributed by atoms with van der Waals surface area (Å²) >= 11 is 0. The largest absolute Gasteiger partial charge is 0.511 e. The van der Waals surface area contributed by atoms with E-state index in [0.29, 0.717) is 0 Å². The number of phenols is 4. The molecular formula is C30H22O12. The van der Waals surface area contributed by atoms with Crippen LogP contribution in [0.3, 0.4) is 0 Å². The molecule has 0 amide bonds. The summed E-state index contributed by atoms with van der Waals surface area (Å²) in [5, 5.41) is 83.0. The van der Waals surface area contributed by atoms with Crippen molar-refractivity contribution < 1.29 is 40.9 Å². The molecule has 0 fully saturated rings. The second-order valence-corrected chi connectivity index (χ2v) is 10.6. The van der Waals surface area contributed by atoms with Crippen molar-refractivity contribution in [3.63, 3.8) is 0 Å². The fourth-order valence-corrected chi connectivity index (χ4v) is 6.25. The van der Waals surface area contributed by atoms with Crippen LogP contribution in [0, 0.1) is 24.3 Å². The fraction of sp³-hybridized carbons (Fsp3) is 0.200. The van der Waals surface area contributed by atoms with Gasteiger partial charge in [-0.05, 0) is 42.7 Å². The number of phenolic OH excluding ortho intramolecular Hbond substituents is 4. The number of aromatic hydroxyl groups is 4. The van der Waals surface area contributed by atoms with Crippen LogP contribution in [0.15, 0.2) is 31.3 Å². The van der Waals surface area contributed by atoms with Crippen LogP contribution in [0.4, 0.5) is 0 Å². The highest BCUT2D eigenvalue weighted by Crippen LogP contribution is 2.43. The van der Waals surface area contributed by atoms with E-state index in [0.717, 1.165) is 12.1 Å². The Labute approximate surface area is 231 Å². The van der Waals surface area contributed by atoms with Gasteiger partial charge in [0, 0.05) is 28.8 Å². The van der Waals surface area contributed by atoms with E-state index in [9.17, 15) is 60.0 Å². The van der Waals surface area contributed by atoms with Gasteiger partial charge in [-0.1, -0.05) is 0 Å². The maximum atomic E-state index is 13.9. The number of aliphatic hydroxyl groups is 4. The maximum absolute atomic E-state index is 13.9. The van der Waals surface area contributed by atoms with E-state index < -0.39 is 135 Å². The zero-order chi connectivity index (χ0) is 30.7. The molecule has 12 heteroatoms. The van der Waals surface area contributed by atoms with Gasteiger partial charge >= 0.3 is 0 Å². The Kier molecular flexibility index (Phi) is 5.56. The minimum Gasteiger partial charge on any atom is -0.511 e. The Hall–Kier alpha value is -5.20. The number of rotatable bonds is 1. The van der Waals surface area contributed by atoms with Gasteiger partial charge in [0.2, 0.25) is 5.43 Å². The predicted octanol–water partition coefficient (Wildman–Crippen LogP) is -2.82. The number of fused-ring (bicyclic) bond motifs is 3. The molecule has 2 unspecified atom stereocenters. The van der Waals surface area contributed by atoms with E-state index in [-0.39, 0.29) is 11.1 Å². The summed E-state index contributed by atoms with van der Waals surface area (Å²) in [6.07, 6.45) is -4.95. The Balaban J connectivity index is 2.06. The van der Waals surface area contributed by atoms with Crippen LogP contribution in [0.5, 0.6) is 23.0 Å². The van der Waals surface area contributed by atoms with Crippen LogP contribution < -0.4 is 42.6 Å². The normalized spacial score (nSPS) is 18.6. The van der Waals surface area contributed by atoms with E-state index in [1.54, 1.807) is 0 Å². The first-order valence-corrected chi connectivity index (χ1v) is 12.7. The molecule has 0 radical (unpaired) electrons. The van der Waals surface area contributed by atoms with Gasteiger partial charge in [-0.3, -0.25) is 19.2 Å². The highest BCUT2D eigenvalue weighted by atomic mass is 16.3. The number of aliphatic hydroxyl groups excluding tert-OH is 4. The number of aryl methyl sites for hydroxylation is 2. The van der Waals surface area contributed by atoms with Gasteiger partial charge in [0.05, 0.1) is 43.9 Å². The summed E-state index contributed by atoms with van der Waals surface area (Å²) in [4.78, 5) is 53.2. The number of hydrogen-bond acceptors (Lipinski definition) is 12. The van der Waals surface area contributed by atoms with Gasteiger partial charge < -0.3 is 40.9 Å². The van der Waals surface area contributed by atoms with E-state index in [1.807, 2.05) is 0 Å². The van der Waals surface area contributed by atoms with Crippen molar-refractivity contribution in [3.05, 3.63) is 95.5 Å². The van der Waals surface area contributed by atoms with E-state index in [2.05, 4.69) is 0 Å². The third-order valence-electron chi connectivity index (χ3n) is 8.10. The molecule has 2 aromatic carbocycles. The molecule has 6 rings (SSSR count). The average Bonchev–Trinajstić information content (AvgIpc) is 2.90. The van der Waals surface area contributed by atoms with Crippen molar-refractivity contribution in [2.24, 2.45) is 0 Å². The molecule has 4 aliphatic carbocycles.